The van der Waals surface area contributed by atoms with E-state index in [2.05, 4.69) is 30.3 Å². The zero-order chi connectivity index (χ0) is 26.8. The predicted octanol–water partition coefficient (Wildman–Crippen LogP) is 7.42. The van der Waals surface area contributed by atoms with Gasteiger partial charge in [0.05, 0.1) is 5.69 Å². The zero-order valence-electron chi connectivity index (χ0n) is 22.3. The molecule has 38 heavy (non-hydrogen) atoms. The van der Waals surface area contributed by atoms with Gasteiger partial charge in [-0.15, -0.1) is 0 Å². The molecule has 1 fully saturated rings. The number of likely N-dealkylation sites (tertiary alicyclic amines) is 1. The van der Waals surface area contributed by atoms with Crippen LogP contribution in [0.15, 0.2) is 60.8 Å². The van der Waals surface area contributed by atoms with Crippen LogP contribution in [0.25, 0.3) is 11.3 Å². The van der Waals surface area contributed by atoms with Crippen molar-refractivity contribution in [1.29, 1.82) is 0 Å². The Kier molecular flexibility index (Phi) is 7.66. The highest BCUT2D eigenvalue weighted by atomic mass is 32.2. The van der Waals surface area contributed by atoms with E-state index in [1.165, 1.54) is 23.3 Å². The first-order chi connectivity index (χ1) is 18.2. The van der Waals surface area contributed by atoms with E-state index >= 15 is 0 Å². The van der Waals surface area contributed by atoms with Gasteiger partial charge in [0.25, 0.3) is 0 Å². The summed E-state index contributed by atoms with van der Waals surface area (Å²) >= 11 is 1.79. The monoisotopic (exact) mass is 534 g/mol. The van der Waals surface area contributed by atoms with E-state index in [-0.39, 0.29) is 17.5 Å². The zero-order valence-corrected chi connectivity index (χ0v) is 23.2. The number of aromatic nitrogens is 1. The number of pyridine rings is 1. The minimum atomic E-state index is -0.483. The number of amides is 1. The van der Waals surface area contributed by atoms with Crippen LogP contribution >= 0.6 is 11.8 Å². The van der Waals surface area contributed by atoms with Crippen LogP contribution in [-0.4, -0.2) is 40.3 Å². The largest absolute Gasteiger partial charge is 0.487 e. The molecule has 0 N–H and O–H groups in total. The summed E-state index contributed by atoms with van der Waals surface area (Å²) in [6, 6.07) is 17.2. The number of benzene rings is 2. The van der Waals surface area contributed by atoms with Gasteiger partial charge in [-0.05, 0) is 86.7 Å². The molecular weight excluding hydrogens is 499 g/mol. The average Bonchev–Trinajstić information content (AvgIpc) is 2.89. The molecule has 0 radical (unpaired) electrons. The Labute approximate surface area is 228 Å². The first kappa shape index (κ1) is 26.5. The van der Waals surface area contributed by atoms with Gasteiger partial charge in [0.15, 0.2) is 0 Å². The lowest BCUT2D eigenvalue weighted by Gasteiger charge is -2.44. The van der Waals surface area contributed by atoms with Crippen LogP contribution in [-0.2, 0) is 22.7 Å². The van der Waals surface area contributed by atoms with E-state index in [9.17, 15) is 9.18 Å². The first-order valence-corrected chi connectivity index (χ1v) is 14.4. The summed E-state index contributed by atoms with van der Waals surface area (Å²) in [5.74, 6) is 2.44. The Balaban J connectivity index is 1.16. The number of nitrogens with zero attached hydrogens (tertiary/aromatic N) is 2. The molecule has 0 unspecified atom stereocenters. The molecule has 1 spiro atoms. The molecule has 1 amide bonds. The number of ether oxygens (including phenoxy) is 2. The van der Waals surface area contributed by atoms with Gasteiger partial charge in [-0.1, -0.05) is 18.2 Å². The van der Waals surface area contributed by atoms with E-state index in [0.29, 0.717) is 13.1 Å². The van der Waals surface area contributed by atoms with Crippen molar-refractivity contribution in [2.24, 2.45) is 0 Å². The molecular formula is C31H35FN2O3S. The standard InChI is InChI=1S/C31H35FN2O3S/c1-30(2,3)37-29(35)34-16-14-31(15-17-34)13-12-25-18-24(7-11-28(25)36-31)27-10-6-23(19-33-27)21-38-20-22-4-8-26(32)9-5-22/h4-11,18-19H,12-17,20-21H2,1-3H3. The third-order valence-electron chi connectivity index (χ3n) is 7.13. The number of piperidine rings is 1. The quantitative estimate of drug-likeness (QED) is 0.341. The average molecular weight is 535 g/mol. The van der Waals surface area contributed by atoms with Crippen molar-refractivity contribution in [3.63, 3.8) is 0 Å². The fourth-order valence-corrected chi connectivity index (χ4v) is 5.94. The highest BCUT2D eigenvalue weighted by Crippen LogP contribution is 2.41. The predicted molar refractivity (Wildman–Crippen MR) is 150 cm³/mol. The van der Waals surface area contributed by atoms with Crippen molar-refractivity contribution in [2.45, 2.75) is 69.2 Å². The van der Waals surface area contributed by atoms with Gasteiger partial charge >= 0.3 is 6.09 Å². The van der Waals surface area contributed by atoms with Gasteiger partial charge < -0.3 is 14.4 Å². The number of hydrogen-bond acceptors (Lipinski definition) is 5. The molecule has 7 heteroatoms. The van der Waals surface area contributed by atoms with Crippen molar-refractivity contribution < 1.29 is 18.7 Å². The summed E-state index contributed by atoms with van der Waals surface area (Å²) in [4.78, 5) is 19.0. The second-order valence-corrected chi connectivity index (χ2v) is 12.2. The Morgan fingerprint density at radius 2 is 1.74 bits per heavy atom. The van der Waals surface area contributed by atoms with Crippen LogP contribution in [0.3, 0.4) is 0 Å². The lowest BCUT2D eigenvalue weighted by Crippen LogP contribution is -2.52. The number of halogens is 1. The number of thioether (sulfide) groups is 1. The van der Waals surface area contributed by atoms with Crippen molar-refractivity contribution in [1.82, 2.24) is 9.88 Å². The third-order valence-corrected chi connectivity index (χ3v) is 8.21. The van der Waals surface area contributed by atoms with Crippen molar-refractivity contribution in [2.75, 3.05) is 13.1 Å². The summed E-state index contributed by atoms with van der Waals surface area (Å²) in [5, 5.41) is 0. The molecule has 200 valence electrons. The fraction of sp³-hybridized carbons (Fsp3) is 0.419. The van der Waals surface area contributed by atoms with Gasteiger partial charge in [0.1, 0.15) is 22.8 Å². The number of carbonyl (C=O) groups is 1. The molecule has 0 aliphatic carbocycles. The lowest BCUT2D eigenvalue weighted by atomic mass is 9.83. The number of aryl methyl sites for hydroxylation is 1. The molecule has 0 atom stereocenters. The maximum Gasteiger partial charge on any atom is 0.410 e. The maximum absolute atomic E-state index is 13.1. The molecule has 5 nitrogen and oxygen atoms in total. The van der Waals surface area contributed by atoms with E-state index in [1.54, 1.807) is 16.7 Å². The maximum atomic E-state index is 13.1. The first-order valence-electron chi connectivity index (χ1n) is 13.3. The molecule has 5 rings (SSSR count). The Morgan fingerprint density at radius 3 is 2.42 bits per heavy atom. The summed E-state index contributed by atoms with van der Waals surface area (Å²) in [6.45, 7) is 6.99. The van der Waals surface area contributed by atoms with Crippen LogP contribution in [0.2, 0.25) is 0 Å². The SMILES string of the molecule is CC(C)(C)OC(=O)N1CCC2(CCc3cc(-c4ccc(CSCc5ccc(F)cc5)cn4)ccc3O2)CC1. The smallest absolute Gasteiger partial charge is 0.410 e. The minimum Gasteiger partial charge on any atom is -0.487 e. The number of fused-ring (bicyclic) bond motifs is 1. The van der Waals surface area contributed by atoms with Crippen LogP contribution in [0, 0.1) is 5.82 Å². The van der Waals surface area contributed by atoms with E-state index in [4.69, 9.17) is 14.5 Å². The second-order valence-electron chi connectivity index (χ2n) is 11.2. The fourth-order valence-electron chi connectivity index (χ4n) is 5.00. The molecule has 3 heterocycles. The summed E-state index contributed by atoms with van der Waals surface area (Å²) < 4.78 is 25.2. The Hall–Kier alpha value is -3.06. The molecule has 2 aliphatic rings. The van der Waals surface area contributed by atoms with Crippen LogP contribution in [0.5, 0.6) is 5.75 Å². The van der Waals surface area contributed by atoms with Crippen LogP contribution < -0.4 is 4.74 Å². The van der Waals surface area contributed by atoms with Crippen LogP contribution in [0.1, 0.15) is 56.7 Å². The molecule has 0 bridgehead atoms. The van der Waals surface area contributed by atoms with Crippen LogP contribution in [0.4, 0.5) is 9.18 Å². The van der Waals surface area contributed by atoms with E-state index in [0.717, 1.165) is 59.8 Å². The van der Waals surface area contributed by atoms with Gasteiger partial charge in [0, 0.05) is 49.2 Å². The molecule has 2 aliphatic heterocycles. The normalized spacial score (nSPS) is 16.6. The number of rotatable bonds is 5. The highest BCUT2D eigenvalue weighted by molar-refractivity contribution is 7.97. The summed E-state index contributed by atoms with van der Waals surface area (Å²) in [6.07, 6.45) is 5.23. The van der Waals surface area contributed by atoms with E-state index in [1.807, 2.05) is 39.1 Å². The van der Waals surface area contributed by atoms with Gasteiger partial charge in [-0.25, -0.2) is 9.18 Å². The Morgan fingerprint density at radius 1 is 1.03 bits per heavy atom. The summed E-state index contributed by atoms with van der Waals surface area (Å²) in [5.41, 5.74) is 4.85. The number of carbonyl (C=O) groups excluding carboxylic acids is 1. The van der Waals surface area contributed by atoms with Gasteiger partial charge in [-0.2, -0.15) is 11.8 Å². The molecule has 0 saturated carbocycles. The van der Waals surface area contributed by atoms with E-state index < -0.39 is 5.60 Å². The summed E-state index contributed by atoms with van der Waals surface area (Å²) in [7, 11) is 0. The molecule has 1 saturated heterocycles. The van der Waals surface area contributed by atoms with Gasteiger partial charge in [-0.3, -0.25) is 4.98 Å². The molecule has 1 aromatic heterocycles. The topological polar surface area (TPSA) is 51.7 Å². The van der Waals surface area contributed by atoms with Crippen molar-refractivity contribution in [3.8, 4) is 17.0 Å². The lowest BCUT2D eigenvalue weighted by molar-refractivity contribution is -0.0272. The highest BCUT2D eigenvalue weighted by Gasteiger charge is 2.41. The number of hydrogen-bond donors (Lipinski definition) is 0. The Bertz CT molecular complexity index is 1260. The minimum absolute atomic E-state index is 0.201. The molecule has 2 aromatic carbocycles. The third kappa shape index (κ3) is 6.49. The van der Waals surface area contributed by atoms with Crippen molar-refractivity contribution >= 4 is 17.9 Å². The van der Waals surface area contributed by atoms with Crippen molar-refractivity contribution in [3.05, 3.63) is 83.3 Å². The second kappa shape index (κ2) is 11.0. The molecule has 3 aromatic rings. The van der Waals surface area contributed by atoms with Gasteiger partial charge in [0.2, 0.25) is 0 Å².